The molecular weight excluding hydrogens is 308 g/mol. The summed E-state index contributed by atoms with van der Waals surface area (Å²) in [5.41, 5.74) is 0.831. The molecule has 0 unspecified atom stereocenters. The van der Waals surface area contributed by atoms with Crippen molar-refractivity contribution in [3.05, 3.63) is 46.8 Å². The summed E-state index contributed by atoms with van der Waals surface area (Å²) in [4.78, 5) is 25.7. The summed E-state index contributed by atoms with van der Waals surface area (Å²) in [7, 11) is 1.62. The number of halogens is 1. The number of nitrogens with one attached hydrogen (secondary N) is 1. The van der Waals surface area contributed by atoms with Crippen molar-refractivity contribution in [2.24, 2.45) is 0 Å². The fraction of sp³-hybridized carbons (Fsp3) is 0.200. The SMILES string of the molecule is CN(CCO)C1=CC(=O)C(Nc2ccc(O)c(Cl)c2)=CC1=O. The minimum Gasteiger partial charge on any atom is -0.506 e. The molecule has 0 radical (unpaired) electrons. The monoisotopic (exact) mass is 322 g/mol. The second-order valence-corrected chi connectivity index (χ2v) is 5.16. The first-order valence-corrected chi connectivity index (χ1v) is 6.89. The van der Waals surface area contributed by atoms with Crippen LogP contribution < -0.4 is 5.32 Å². The number of benzene rings is 1. The first-order valence-electron chi connectivity index (χ1n) is 6.52. The quantitative estimate of drug-likeness (QED) is 0.559. The van der Waals surface area contributed by atoms with Gasteiger partial charge in [-0.1, -0.05) is 11.6 Å². The first kappa shape index (κ1) is 16.1. The van der Waals surface area contributed by atoms with E-state index in [9.17, 15) is 14.7 Å². The average Bonchev–Trinajstić information content (AvgIpc) is 2.46. The van der Waals surface area contributed by atoms with E-state index >= 15 is 0 Å². The number of nitrogens with zero attached hydrogens (tertiary/aromatic N) is 1. The summed E-state index contributed by atoms with van der Waals surface area (Å²) in [5.74, 6) is -0.758. The van der Waals surface area contributed by atoms with Gasteiger partial charge in [0.1, 0.15) is 5.75 Å². The van der Waals surface area contributed by atoms with E-state index in [-0.39, 0.29) is 46.9 Å². The number of hydrogen-bond donors (Lipinski definition) is 3. The van der Waals surface area contributed by atoms with E-state index in [2.05, 4.69) is 5.32 Å². The number of hydrogen-bond acceptors (Lipinski definition) is 6. The van der Waals surface area contributed by atoms with Crippen LogP contribution >= 0.6 is 11.6 Å². The Labute approximate surface area is 132 Å². The molecule has 6 nitrogen and oxygen atoms in total. The van der Waals surface area contributed by atoms with Crippen LogP contribution in [0.1, 0.15) is 0 Å². The van der Waals surface area contributed by atoms with Gasteiger partial charge in [0.25, 0.3) is 0 Å². The Morgan fingerprint density at radius 3 is 2.59 bits per heavy atom. The lowest BCUT2D eigenvalue weighted by Gasteiger charge is -2.22. The number of aliphatic hydroxyl groups is 1. The fourth-order valence-electron chi connectivity index (χ4n) is 1.96. The first-order chi connectivity index (χ1) is 10.4. The molecule has 3 N–H and O–H groups in total. The average molecular weight is 323 g/mol. The number of anilines is 1. The third-order valence-electron chi connectivity index (χ3n) is 3.13. The van der Waals surface area contributed by atoms with Gasteiger partial charge in [0, 0.05) is 31.4 Å². The van der Waals surface area contributed by atoms with Crippen molar-refractivity contribution in [1.29, 1.82) is 0 Å². The molecule has 0 atom stereocenters. The molecule has 0 saturated heterocycles. The van der Waals surface area contributed by atoms with Crippen molar-refractivity contribution in [1.82, 2.24) is 4.90 Å². The van der Waals surface area contributed by atoms with Crippen LogP contribution in [0.2, 0.25) is 5.02 Å². The summed E-state index contributed by atoms with van der Waals surface area (Å²) in [5, 5.41) is 21.2. The van der Waals surface area contributed by atoms with Crippen molar-refractivity contribution in [3.8, 4) is 5.75 Å². The molecule has 22 heavy (non-hydrogen) atoms. The smallest absolute Gasteiger partial charge is 0.204 e. The van der Waals surface area contributed by atoms with Gasteiger partial charge in [0.15, 0.2) is 0 Å². The predicted octanol–water partition coefficient (Wildman–Crippen LogP) is 1.30. The minimum atomic E-state index is -0.358. The summed E-state index contributed by atoms with van der Waals surface area (Å²) in [6.45, 7) is 0.144. The summed E-state index contributed by atoms with van der Waals surface area (Å²) in [6.07, 6.45) is 2.43. The molecule has 1 aromatic rings. The summed E-state index contributed by atoms with van der Waals surface area (Å²) in [6, 6.07) is 4.38. The molecule has 1 aliphatic rings. The minimum absolute atomic E-state index is 0.0694. The molecule has 0 aromatic heterocycles. The third-order valence-corrected chi connectivity index (χ3v) is 3.44. The largest absolute Gasteiger partial charge is 0.506 e. The van der Waals surface area contributed by atoms with Crippen molar-refractivity contribution < 1.29 is 19.8 Å². The molecule has 0 saturated carbocycles. The molecule has 0 amide bonds. The number of phenols is 1. The van der Waals surface area contributed by atoms with E-state index in [1.54, 1.807) is 7.05 Å². The second kappa shape index (κ2) is 6.64. The highest BCUT2D eigenvalue weighted by atomic mass is 35.5. The Bertz CT molecular complexity index is 682. The fourth-order valence-corrected chi connectivity index (χ4v) is 2.14. The maximum atomic E-state index is 12.1. The number of carbonyl (C=O) groups excluding carboxylic acids is 2. The molecule has 0 fully saturated rings. The van der Waals surface area contributed by atoms with Gasteiger partial charge in [0.05, 0.1) is 23.0 Å². The lowest BCUT2D eigenvalue weighted by molar-refractivity contribution is -0.116. The summed E-state index contributed by atoms with van der Waals surface area (Å²) >= 11 is 5.79. The molecule has 0 aliphatic heterocycles. The Morgan fingerprint density at radius 2 is 1.95 bits per heavy atom. The number of rotatable bonds is 5. The van der Waals surface area contributed by atoms with Crippen LogP contribution in [-0.4, -0.2) is 46.9 Å². The van der Waals surface area contributed by atoms with Gasteiger partial charge in [-0.05, 0) is 18.2 Å². The number of likely N-dealkylation sites (N-methyl/N-ethyl adjacent to an activating group) is 1. The molecular formula is C15H15ClN2O4. The van der Waals surface area contributed by atoms with Gasteiger partial charge < -0.3 is 20.4 Å². The predicted molar refractivity (Wildman–Crippen MR) is 82.6 cm³/mol. The number of aliphatic hydroxyl groups excluding tert-OH is 1. The van der Waals surface area contributed by atoms with Gasteiger partial charge in [-0.25, -0.2) is 0 Å². The van der Waals surface area contributed by atoms with Crippen molar-refractivity contribution >= 4 is 28.9 Å². The van der Waals surface area contributed by atoms with Crippen molar-refractivity contribution in [3.63, 3.8) is 0 Å². The normalized spacial score (nSPS) is 14.5. The highest BCUT2D eigenvalue weighted by Gasteiger charge is 2.22. The Hall–Kier alpha value is -2.31. The molecule has 0 bridgehead atoms. The Morgan fingerprint density at radius 1 is 1.23 bits per heavy atom. The zero-order chi connectivity index (χ0) is 16.3. The van der Waals surface area contributed by atoms with E-state index in [1.165, 1.54) is 35.3 Å². The van der Waals surface area contributed by atoms with E-state index in [1.807, 2.05) is 0 Å². The van der Waals surface area contributed by atoms with Crippen LogP contribution in [0.5, 0.6) is 5.75 Å². The van der Waals surface area contributed by atoms with Gasteiger partial charge in [-0.2, -0.15) is 0 Å². The molecule has 116 valence electrons. The standard InChI is InChI=1S/C15H15ClN2O4/c1-18(4-5-19)12-8-14(21)11(7-15(12)22)17-9-2-3-13(20)10(16)6-9/h2-3,6-8,17,19-20H,4-5H2,1H3. The van der Waals surface area contributed by atoms with E-state index in [0.717, 1.165) is 0 Å². The van der Waals surface area contributed by atoms with E-state index in [0.29, 0.717) is 5.69 Å². The molecule has 2 rings (SSSR count). The summed E-state index contributed by atoms with van der Waals surface area (Å²) < 4.78 is 0. The zero-order valence-electron chi connectivity index (χ0n) is 11.8. The van der Waals surface area contributed by atoms with E-state index < -0.39 is 0 Å². The Balaban J connectivity index is 2.17. The maximum Gasteiger partial charge on any atom is 0.204 e. The zero-order valence-corrected chi connectivity index (χ0v) is 12.6. The highest BCUT2D eigenvalue weighted by Crippen LogP contribution is 2.27. The number of aromatic hydroxyl groups is 1. The van der Waals surface area contributed by atoms with Crippen molar-refractivity contribution in [2.75, 3.05) is 25.5 Å². The van der Waals surface area contributed by atoms with Crippen molar-refractivity contribution in [2.45, 2.75) is 0 Å². The van der Waals surface area contributed by atoms with Gasteiger partial charge >= 0.3 is 0 Å². The van der Waals surface area contributed by atoms with Crippen LogP contribution in [0, 0.1) is 0 Å². The molecule has 7 heteroatoms. The van der Waals surface area contributed by atoms with Crippen LogP contribution in [-0.2, 0) is 9.59 Å². The molecule has 1 aliphatic carbocycles. The molecule has 1 aromatic carbocycles. The van der Waals surface area contributed by atoms with Gasteiger partial charge in [0.2, 0.25) is 11.6 Å². The van der Waals surface area contributed by atoms with Crippen LogP contribution in [0.15, 0.2) is 41.7 Å². The lowest BCUT2D eigenvalue weighted by atomic mass is 10.1. The molecule has 0 heterocycles. The molecule has 0 spiro atoms. The van der Waals surface area contributed by atoms with Gasteiger partial charge in [-0.15, -0.1) is 0 Å². The number of carbonyl (C=O) groups is 2. The Kier molecular flexibility index (Phi) is 4.85. The second-order valence-electron chi connectivity index (χ2n) is 4.75. The third kappa shape index (κ3) is 3.47. The van der Waals surface area contributed by atoms with E-state index in [4.69, 9.17) is 16.7 Å². The lowest BCUT2D eigenvalue weighted by Crippen LogP contribution is -2.30. The topological polar surface area (TPSA) is 89.9 Å². The number of ketones is 2. The number of allylic oxidation sites excluding steroid dienone is 2. The highest BCUT2D eigenvalue weighted by molar-refractivity contribution is 6.32. The van der Waals surface area contributed by atoms with Crippen LogP contribution in [0.4, 0.5) is 5.69 Å². The van der Waals surface area contributed by atoms with Crippen LogP contribution in [0.25, 0.3) is 0 Å². The van der Waals surface area contributed by atoms with Gasteiger partial charge in [-0.3, -0.25) is 9.59 Å². The maximum absolute atomic E-state index is 12.1. The number of phenolic OH excluding ortho intramolecular Hbond substituents is 1. The van der Waals surface area contributed by atoms with Crippen LogP contribution in [0.3, 0.4) is 0 Å².